The Labute approximate surface area is 109 Å². The Kier molecular flexibility index (Phi) is 3.16. The van der Waals surface area contributed by atoms with Gasteiger partial charge in [0, 0.05) is 24.3 Å². The monoisotopic (exact) mass is 246 g/mol. The molecule has 1 aliphatic heterocycles. The molecule has 0 aromatic rings. The van der Waals surface area contributed by atoms with Crippen LogP contribution < -0.4 is 10.9 Å². The summed E-state index contributed by atoms with van der Waals surface area (Å²) >= 11 is 0. The minimum atomic E-state index is 0.320. The van der Waals surface area contributed by atoms with Gasteiger partial charge < -0.3 is 16.0 Å². The third kappa shape index (κ3) is 1.87. The summed E-state index contributed by atoms with van der Waals surface area (Å²) in [6, 6.07) is 0. The van der Waals surface area contributed by atoms with Gasteiger partial charge in [-0.3, -0.25) is 0 Å². The van der Waals surface area contributed by atoms with E-state index in [-0.39, 0.29) is 0 Å². The van der Waals surface area contributed by atoms with E-state index in [2.05, 4.69) is 30.1 Å². The normalized spacial score (nSPS) is 29.9. The Morgan fingerprint density at radius 3 is 3.17 bits per heavy atom. The third-order valence-electron chi connectivity index (χ3n) is 4.52. The molecule has 0 saturated carbocycles. The van der Waals surface area contributed by atoms with Crippen molar-refractivity contribution in [2.75, 3.05) is 6.61 Å². The van der Waals surface area contributed by atoms with Gasteiger partial charge in [0.05, 0.1) is 5.70 Å². The van der Waals surface area contributed by atoms with Gasteiger partial charge in [0.15, 0.2) is 0 Å². The Bertz CT molecular complexity index is 434. The van der Waals surface area contributed by atoms with Crippen LogP contribution in [0.4, 0.5) is 0 Å². The average molecular weight is 246 g/mol. The molecule has 18 heavy (non-hydrogen) atoms. The molecule has 2 atom stereocenters. The highest BCUT2D eigenvalue weighted by Crippen LogP contribution is 2.45. The average Bonchev–Trinajstić information content (AvgIpc) is 2.84. The Hall–Kier alpha value is -1.22. The number of fused-ring (bicyclic) bond motifs is 1. The van der Waals surface area contributed by atoms with Crippen molar-refractivity contribution in [1.29, 1.82) is 0 Å². The molecule has 0 aromatic carbocycles. The van der Waals surface area contributed by atoms with E-state index >= 15 is 0 Å². The maximum absolute atomic E-state index is 9.05. The van der Waals surface area contributed by atoms with Crippen molar-refractivity contribution in [3.63, 3.8) is 0 Å². The van der Waals surface area contributed by atoms with E-state index in [0.717, 1.165) is 12.8 Å². The van der Waals surface area contributed by atoms with Crippen molar-refractivity contribution < 1.29 is 5.11 Å². The molecule has 1 heterocycles. The topological polar surface area (TPSA) is 44.3 Å². The second-order valence-electron chi connectivity index (χ2n) is 5.58. The van der Waals surface area contributed by atoms with E-state index < -0.39 is 0 Å². The lowest BCUT2D eigenvalue weighted by Crippen LogP contribution is -2.25. The summed E-state index contributed by atoms with van der Waals surface area (Å²) in [4.78, 5) is 0. The fourth-order valence-electron chi connectivity index (χ4n) is 3.69. The second kappa shape index (κ2) is 4.81. The van der Waals surface area contributed by atoms with E-state index in [0.29, 0.717) is 18.4 Å². The maximum Gasteiger partial charge on any atom is 0.0595 e. The summed E-state index contributed by atoms with van der Waals surface area (Å²) in [5.41, 5.74) is 12.2. The standard InChI is InChI=1S/C15H22N2O/c1-10-13-9-16-17-14(13)8-12-5-2-4-11(15(10)12)6-3-7-18/h8-11,16-18H,2-7H2,1H3/t10-,11?/m0/s1. The molecular weight excluding hydrogens is 224 g/mol. The minimum absolute atomic E-state index is 0.320. The molecule has 3 aliphatic rings. The van der Waals surface area contributed by atoms with E-state index in [1.165, 1.54) is 30.5 Å². The predicted molar refractivity (Wildman–Crippen MR) is 72.3 cm³/mol. The van der Waals surface area contributed by atoms with Gasteiger partial charge in [-0.2, -0.15) is 0 Å². The molecule has 0 amide bonds. The summed E-state index contributed by atoms with van der Waals surface area (Å²) in [7, 11) is 0. The molecule has 0 saturated heterocycles. The molecule has 0 radical (unpaired) electrons. The van der Waals surface area contributed by atoms with Crippen LogP contribution in [0.5, 0.6) is 0 Å². The van der Waals surface area contributed by atoms with Gasteiger partial charge in [-0.05, 0) is 49.7 Å². The summed E-state index contributed by atoms with van der Waals surface area (Å²) in [5, 5.41) is 9.05. The van der Waals surface area contributed by atoms with Gasteiger partial charge in [0.25, 0.3) is 0 Å². The molecule has 1 unspecified atom stereocenters. The summed E-state index contributed by atoms with van der Waals surface area (Å²) < 4.78 is 0. The van der Waals surface area contributed by atoms with Crippen LogP contribution in [0.25, 0.3) is 0 Å². The molecule has 0 fully saturated rings. The molecule has 3 nitrogen and oxygen atoms in total. The van der Waals surface area contributed by atoms with E-state index in [4.69, 9.17) is 5.11 Å². The van der Waals surface area contributed by atoms with Crippen LogP contribution in [0.1, 0.15) is 39.0 Å². The maximum atomic E-state index is 9.05. The molecule has 3 rings (SSSR count). The highest BCUT2D eigenvalue weighted by atomic mass is 16.2. The van der Waals surface area contributed by atoms with Crippen LogP contribution in [0, 0.1) is 11.8 Å². The SMILES string of the molecule is C[C@H]1C2=CNNC2=CC2=C1C(CCCO)CCC2. The molecule has 2 aliphatic carbocycles. The van der Waals surface area contributed by atoms with Gasteiger partial charge >= 0.3 is 0 Å². The molecule has 0 spiro atoms. The highest BCUT2D eigenvalue weighted by molar-refractivity contribution is 5.51. The summed E-state index contributed by atoms with van der Waals surface area (Å²) in [6.07, 6.45) is 10.3. The van der Waals surface area contributed by atoms with Crippen LogP contribution in [-0.2, 0) is 0 Å². The zero-order valence-electron chi connectivity index (χ0n) is 11.0. The molecular formula is C15H22N2O. The van der Waals surface area contributed by atoms with Crippen LogP contribution in [0.15, 0.2) is 34.7 Å². The number of hydrogen-bond acceptors (Lipinski definition) is 3. The van der Waals surface area contributed by atoms with Crippen molar-refractivity contribution in [3.05, 3.63) is 34.7 Å². The van der Waals surface area contributed by atoms with Crippen LogP contribution in [-0.4, -0.2) is 11.7 Å². The Morgan fingerprint density at radius 2 is 2.33 bits per heavy atom. The molecule has 0 aromatic heterocycles. The van der Waals surface area contributed by atoms with Gasteiger partial charge in [0.2, 0.25) is 0 Å². The van der Waals surface area contributed by atoms with Gasteiger partial charge in [-0.15, -0.1) is 0 Å². The number of aliphatic hydroxyl groups excluding tert-OH is 1. The van der Waals surface area contributed by atoms with Crippen molar-refractivity contribution in [2.24, 2.45) is 11.8 Å². The highest BCUT2D eigenvalue weighted by Gasteiger charge is 2.33. The first-order chi connectivity index (χ1) is 8.81. The van der Waals surface area contributed by atoms with Crippen molar-refractivity contribution in [2.45, 2.75) is 39.0 Å². The first kappa shape index (κ1) is 11.8. The summed E-state index contributed by atoms with van der Waals surface area (Å²) in [5.74, 6) is 1.20. The molecule has 3 heteroatoms. The Balaban J connectivity index is 1.91. The van der Waals surface area contributed by atoms with Crippen molar-refractivity contribution >= 4 is 0 Å². The van der Waals surface area contributed by atoms with Crippen molar-refractivity contribution in [3.8, 4) is 0 Å². The first-order valence-electron chi connectivity index (χ1n) is 7.08. The number of allylic oxidation sites excluding steroid dienone is 4. The molecule has 3 N–H and O–H groups in total. The van der Waals surface area contributed by atoms with Crippen LogP contribution >= 0.6 is 0 Å². The van der Waals surface area contributed by atoms with Gasteiger partial charge in [-0.25, -0.2) is 0 Å². The number of nitrogens with one attached hydrogen (secondary N) is 2. The number of hydrogen-bond donors (Lipinski definition) is 3. The summed E-state index contributed by atoms with van der Waals surface area (Å²) in [6.45, 7) is 2.64. The number of aliphatic hydroxyl groups is 1. The first-order valence-corrected chi connectivity index (χ1v) is 7.08. The van der Waals surface area contributed by atoms with E-state index in [1.54, 1.807) is 11.1 Å². The smallest absolute Gasteiger partial charge is 0.0595 e. The van der Waals surface area contributed by atoms with Crippen LogP contribution in [0.3, 0.4) is 0 Å². The quantitative estimate of drug-likeness (QED) is 0.716. The zero-order chi connectivity index (χ0) is 12.5. The third-order valence-corrected chi connectivity index (χ3v) is 4.52. The predicted octanol–water partition coefficient (Wildman–Crippen LogP) is 2.38. The molecule has 98 valence electrons. The lowest BCUT2D eigenvalue weighted by molar-refractivity contribution is 0.269. The fourth-order valence-corrected chi connectivity index (χ4v) is 3.69. The van der Waals surface area contributed by atoms with E-state index in [9.17, 15) is 0 Å². The van der Waals surface area contributed by atoms with Crippen molar-refractivity contribution in [1.82, 2.24) is 10.9 Å². The lowest BCUT2D eigenvalue weighted by Gasteiger charge is -2.35. The zero-order valence-corrected chi connectivity index (χ0v) is 11.0. The van der Waals surface area contributed by atoms with Crippen LogP contribution in [0.2, 0.25) is 0 Å². The van der Waals surface area contributed by atoms with E-state index in [1.807, 2.05) is 0 Å². The number of rotatable bonds is 3. The Morgan fingerprint density at radius 1 is 1.44 bits per heavy atom. The lowest BCUT2D eigenvalue weighted by atomic mass is 9.70. The number of hydrazine groups is 1. The second-order valence-corrected chi connectivity index (χ2v) is 5.58. The fraction of sp³-hybridized carbons (Fsp3) is 0.600. The largest absolute Gasteiger partial charge is 0.396 e. The molecule has 0 bridgehead atoms. The van der Waals surface area contributed by atoms with Gasteiger partial charge in [-0.1, -0.05) is 12.5 Å². The minimum Gasteiger partial charge on any atom is -0.396 e. The van der Waals surface area contributed by atoms with Gasteiger partial charge in [0.1, 0.15) is 0 Å².